The van der Waals surface area contributed by atoms with Crippen LogP contribution in [0.15, 0.2) is 48.5 Å². The molecule has 3 amide bonds. The first kappa shape index (κ1) is 18.3. The molecule has 132 valence electrons. The first-order valence-corrected chi connectivity index (χ1v) is 8.13. The van der Waals surface area contributed by atoms with Crippen molar-refractivity contribution in [2.45, 2.75) is 19.8 Å². The molecule has 0 aliphatic heterocycles. The number of anilines is 1. The minimum Gasteiger partial charge on any atom is -0.492 e. The molecule has 2 aromatic rings. The van der Waals surface area contributed by atoms with Gasteiger partial charge in [-0.3, -0.25) is 4.79 Å². The van der Waals surface area contributed by atoms with Gasteiger partial charge in [0.05, 0.1) is 6.54 Å². The third-order valence-corrected chi connectivity index (χ3v) is 3.62. The summed E-state index contributed by atoms with van der Waals surface area (Å²) in [5, 5.41) is 5.22. The SMILES string of the molecule is CC(C)c1ccc(OCCNC(=O)c2ccc(NC(N)=O)cc2)cc1. The molecule has 0 bridgehead atoms. The maximum atomic E-state index is 12.0. The number of rotatable bonds is 7. The van der Waals surface area contributed by atoms with E-state index in [4.69, 9.17) is 10.5 Å². The summed E-state index contributed by atoms with van der Waals surface area (Å²) in [6.45, 7) is 5.06. The van der Waals surface area contributed by atoms with Crippen LogP contribution in [0.1, 0.15) is 35.7 Å². The van der Waals surface area contributed by atoms with E-state index < -0.39 is 6.03 Å². The second-order valence-corrected chi connectivity index (χ2v) is 5.89. The van der Waals surface area contributed by atoms with Crippen molar-refractivity contribution in [3.05, 3.63) is 59.7 Å². The van der Waals surface area contributed by atoms with Crippen LogP contribution in [0.5, 0.6) is 5.75 Å². The maximum Gasteiger partial charge on any atom is 0.316 e. The Morgan fingerprint density at radius 2 is 1.68 bits per heavy atom. The van der Waals surface area contributed by atoms with Crippen molar-refractivity contribution in [2.24, 2.45) is 5.73 Å². The van der Waals surface area contributed by atoms with Crippen molar-refractivity contribution in [3.8, 4) is 5.75 Å². The van der Waals surface area contributed by atoms with Gasteiger partial charge in [0.25, 0.3) is 5.91 Å². The Morgan fingerprint density at radius 3 is 2.24 bits per heavy atom. The highest BCUT2D eigenvalue weighted by molar-refractivity contribution is 5.95. The van der Waals surface area contributed by atoms with E-state index in [1.807, 2.05) is 24.3 Å². The smallest absolute Gasteiger partial charge is 0.316 e. The van der Waals surface area contributed by atoms with Crippen molar-refractivity contribution < 1.29 is 14.3 Å². The summed E-state index contributed by atoms with van der Waals surface area (Å²) in [4.78, 5) is 22.8. The average Bonchev–Trinajstić information content (AvgIpc) is 2.59. The molecule has 0 radical (unpaired) electrons. The number of urea groups is 1. The molecule has 25 heavy (non-hydrogen) atoms. The highest BCUT2D eigenvalue weighted by Gasteiger charge is 2.05. The molecule has 0 aliphatic rings. The number of hydrogen-bond donors (Lipinski definition) is 3. The number of carbonyl (C=O) groups is 2. The number of amides is 3. The summed E-state index contributed by atoms with van der Waals surface area (Å²) in [5.41, 5.74) is 7.33. The molecule has 4 N–H and O–H groups in total. The summed E-state index contributed by atoms with van der Waals surface area (Å²) in [5.74, 6) is 1.06. The van der Waals surface area contributed by atoms with Gasteiger partial charge in [-0.25, -0.2) is 4.79 Å². The topological polar surface area (TPSA) is 93.4 Å². The van der Waals surface area contributed by atoms with Gasteiger partial charge in [0.2, 0.25) is 0 Å². The van der Waals surface area contributed by atoms with E-state index in [-0.39, 0.29) is 5.91 Å². The van der Waals surface area contributed by atoms with Gasteiger partial charge >= 0.3 is 6.03 Å². The Kier molecular flexibility index (Phi) is 6.39. The van der Waals surface area contributed by atoms with E-state index in [0.29, 0.717) is 30.3 Å². The molecule has 0 heterocycles. The van der Waals surface area contributed by atoms with E-state index in [1.165, 1.54) is 5.56 Å². The van der Waals surface area contributed by atoms with E-state index in [2.05, 4.69) is 24.5 Å². The minimum absolute atomic E-state index is 0.204. The Morgan fingerprint density at radius 1 is 1.04 bits per heavy atom. The fourth-order valence-electron chi connectivity index (χ4n) is 2.23. The monoisotopic (exact) mass is 341 g/mol. The molecule has 0 saturated heterocycles. The number of nitrogens with one attached hydrogen (secondary N) is 2. The Bertz CT molecular complexity index is 710. The van der Waals surface area contributed by atoms with Crippen molar-refractivity contribution >= 4 is 17.6 Å². The predicted octanol–water partition coefficient (Wildman–Crippen LogP) is 3.11. The average molecular weight is 341 g/mol. The van der Waals surface area contributed by atoms with Crippen LogP contribution < -0.4 is 21.1 Å². The molecule has 2 rings (SSSR count). The standard InChI is InChI=1S/C19H23N3O3/c1-13(2)14-5-9-17(10-6-14)25-12-11-21-18(23)15-3-7-16(8-4-15)22-19(20)24/h3-10,13H,11-12H2,1-2H3,(H,21,23)(H3,20,22,24). The molecular weight excluding hydrogens is 318 g/mol. The fraction of sp³-hybridized carbons (Fsp3) is 0.263. The van der Waals surface area contributed by atoms with Gasteiger partial charge in [0.1, 0.15) is 12.4 Å². The van der Waals surface area contributed by atoms with Crippen molar-refractivity contribution in [3.63, 3.8) is 0 Å². The molecule has 6 nitrogen and oxygen atoms in total. The molecule has 0 saturated carbocycles. The molecule has 0 unspecified atom stereocenters. The quantitative estimate of drug-likeness (QED) is 0.676. The highest BCUT2D eigenvalue weighted by Crippen LogP contribution is 2.18. The molecule has 0 aliphatic carbocycles. The molecule has 0 atom stereocenters. The third kappa shape index (κ3) is 5.84. The second-order valence-electron chi connectivity index (χ2n) is 5.89. The normalized spacial score (nSPS) is 10.4. The summed E-state index contributed by atoms with van der Waals surface area (Å²) in [7, 11) is 0. The number of nitrogens with two attached hydrogens (primary N) is 1. The van der Waals surface area contributed by atoms with Crippen molar-refractivity contribution in [1.82, 2.24) is 5.32 Å². The van der Waals surface area contributed by atoms with Gasteiger partial charge in [0, 0.05) is 11.3 Å². The number of benzene rings is 2. The van der Waals surface area contributed by atoms with Gasteiger partial charge < -0.3 is 21.1 Å². The summed E-state index contributed by atoms with van der Waals surface area (Å²) >= 11 is 0. The fourth-order valence-corrected chi connectivity index (χ4v) is 2.23. The van der Waals surface area contributed by atoms with Crippen LogP contribution in [-0.4, -0.2) is 25.1 Å². The molecular formula is C19H23N3O3. The first-order valence-electron chi connectivity index (χ1n) is 8.13. The lowest BCUT2D eigenvalue weighted by Gasteiger charge is -2.10. The molecule has 0 aromatic heterocycles. The van der Waals surface area contributed by atoms with Gasteiger partial charge in [0.15, 0.2) is 0 Å². The number of hydrogen-bond acceptors (Lipinski definition) is 3. The van der Waals surface area contributed by atoms with E-state index in [0.717, 1.165) is 5.75 Å². The number of carbonyl (C=O) groups excluding carboxylic acids is 2. The van der Waals surface area contributed by atoms with E-state index in [9.17, 15) is 9.59 Å². The predicted molar refractivity (Wildman–Crippen MR) is 98.0 cm³/mol. The Labute approximate surface area is 147 Å². The van der Waals surface area contributed by atoms with Gasteiger partial charge in [-0.15, -0.1) is 0 Å². The molecule has 0 spiro atoms. The summed E-state index contributed by atoms with van der Waals surface area (Å²) in [6, 6.07) is 13.8. The van der Waals surface area contributed by atoms with Gasteiger partial charge in [-0.2, -0.15) is 0 Å². The third-order valence-electron chi connectivity index (χ3n) is 3.62. The zero-order chi connectivity index (χ0) is 18.2. The highest BCUT2D eigenvalue weighted by atomic mass is 16.5. The second kappa shape index (κ2) is 8.73. The Balaban J connectivity index is 1.75. The lowest BCUT2D eigenvalue weighted by molar-refractivity contribution is 0.0947. The summed E-state index contributed by atoms with van der Waals surface area (Å²) < 4.78 is 5.61. The van der Waals surface area contributed by atoms with E-state index >= 15 is 0 Å². The van der Waals surface area contributed by atoms with Crippen LogP contribution in [0.25, 0.3) is 0 Å². The van der Waals surface area contributed by atoms with Crippen molar-refractivity contribution in [1.29, 1.82) is 0 Å². The zero-order valence-corrected chi connectivity index (χ0v) is 14.4. The van der Waals surface area contributed by atoms with Crippen LogP contribution >= 0.6 is 0 Å². The van der Waals surface area contributed by atoms with Gasteiger partial charge in [-0.05, 0) is 47.9 Å². The minimum atomic E-state index is -0.643. The van der Waals surface area contributed by atoms with Crippen LogP contribution in [0.2, 0.25) is 0 Å². The van der Waals surface area contributed by atoms with Crippen LogP contribution in [0, 0.1) is 0 Å². The molecule has 6 heteroatoms. The lowest BCUT2D eigenvalue weighted by atomic mass is 10.0. The van der Waals surface area contributed by atoms with Crippen molar-refractivity contribution in [2.75, 3.05) is 18.5 Å². The number of primary amides is 1. The first-order chi connectivity index (χ1) is 12.0. The largest absolute Gasteiger partial charge is 0.492 e. The Hall–Kier alpha value is -3.02. The van der Waals surface area contributed by atoms with Crippen LogP contribution in [-0.2, 0) is 0 Å². The molecule has 0 fully saturated rings. The zero-order valence-electron chi connectivity index (χ0n) is 14.4. The van der Waals surface area contributed by atoms with Gasteiger partial charge in [-0.1, -0.05) is 26.0 Å². The molecule has 2 aromatic carbocycles. The van der Waals surface area contributed by atoms with E-state index in [1.54, 1.807) is 24.3 Å². The van der Waals surface area contributed by atoms with Crippen LogP contribution in [0.4, 0.5) is 10.5 Å². The lowest BCUT2D eigenvalue weighted by Crippen LogP contribution is -2.28. The van der Waals surface area contributed by atoms with Crippen LogP contribution in [0.3, 0.4) is 0 Å². The number of ether oxygens (including phenoxy) is 1. The maximum absolute atomic E-state index is 12.0. The summed E-state index contributed by atoms with van der Waals surface area (Å²) in [6.07, 6.45) is 0.